The summed E-state index contributed by atoms with van der Waals surface area (Å²) >= 11 is 0. The first kappa shape index (κ1) is 17.3. The predicted molar refractivity (Wildman–Crippen MR) is 94.1 cm³/mol. The second-order valence-electron chi connectivity index (χ2n) is 5.57. The number of hydrogen-bond acceptors (Lipinski definition) is 3. The van der Waals surface area contributed by atoms with Gasteiger partial charge in [0, 0.05) is 6.54 Å². The smallest absolute Gasteiger partial charge is 0.262 e. The number of nitrogens with one attached hydrogen (secondary N) is 1. The lowest BCUT2D eigenvalue weighted by Gasteiger charge is -2.09. The monoisotopic (exact) mass is 320 g/mol. The van der Waals surface area contributed by atoms with Crippen molar-refractivity contribution < 1.29 is 9.53 Å². The number of amides is 1. The molecular formula is C20H20N2O2. The van der Waals surface area contributed by atoms with Crippen molar-refractivity contribution in [2.24, 2.45) is 0 Å². The van der Waals surface area contributed by atoms with Gasteiger partial charge in [-0.2, -0.15) is 5.26 Å². The van der Waals surface area contributed by atoms with Crippen molar-refractivity contribution in [3.8, 4) is 11.8 Å². The van der Waals surface area contributed by atoms with Crippen LogP contribution in [0.25, 0.3) is 6.08 Å². The van der Waals surface area contributed by atoms with Gasteiger partial charge in [-0.25, -0.2) is 0 Å². The normalized spacial score (nSPS) is 11.0. The molecule has 0 radical (unpaired) electrons. The molecule has 4 nitrogen and oxygen atoms in total. The first-order chi connectivity index (χ1) is 11.6. The molecule has 0 heterocycles. The van der Waals surface area contributed by atoms with Crippen molar-refractivity contribution in [2.75, 3.05) is 0 Å². The van der Waals surface area contributed by atoms with Crippen LogP contribution in [0.15, 0.2) is 60.2 Å². The van der Waals surface area contributed by atoms with E-state index in [1.54, 1.807) is 6.08 Å². The standard InChI is InChI=1S/C20H20N2O2/c1-15(2)24-19-10-8-16(9-11-19)12-18(13-21)20(23)22-14-17-6-4-3-5-7-17/h3-12,15H,14H2,1-2H3,(H,22,23)/b18-12-. The minimum absolute atomic E-state index is 0.0726. The molecule has 1 amide bonds. The molecule has 0 bridgehead atoms. The van der Waals surface area contributed by atoms with E-state index in [1.165, 1.54) is 0 Å². The second kappa shape index (κ2) is 8.54. The molecule has 2 aromatic carbocycles. The Kier molecular flexibility index (Phi) is 6.16. The largest absolute Gasteiger partial charge is 0.491 e. The van der Waals surface area contributed by atoms with Gasteiger partial charge in [0.2, 0.25) is 0 Å². The predicted octanol–water partition coefficient (Wildman–Crippen LogP) is 3.70. The van der Waals surface area contributed by atoms with Crippen LogP contribution >= 0.6 is 0 Å². The summed E-state index contributed by atoms with van der Waals surface area (Å²) in [5, 5.41) is 12.0. The van der Waals surface area contributed by atoms with Crippen LogP contribution in [0.3, 0.4) is 0 Å². The van der Waals surface area contributed by atoms with E-state index in [1.807, 2.05) is 74.5 Å². The molecule has 0 aliphatic heterocycles. The highest BCUT2D eigenvalue weighted by molar-refractivity contribution is 6.01. The highest BCUT2D eigenvalue weighted by atomic mass is 16.5. The van der Waals surface area contributed by atoms with Crippen molar-refractivity contribution in [3.63, 3.8) is 0 Å². The number of nitriles is 1. The van der Waals surface area contributed by atoms with Crippen molar-refractivity contribution in [1.82, 2.24) is 5.32 Å². The maximum Gasteiger partial charge on any atom is 0.262 e. The number of nitrogens with zero attached hydrogens (tertiary/aromatic N) is 1. The lowest BCUT2D eigenvalue weighted by atomic mass is 10.1. The van der Waals surface area contributed by atoms with Crippen LogP contribution in [0.2, 0.25) is 0 Å². The summed E-state index contributed by atoms with van der Waals surface area (Å²) in [6.45, 7) is 4.30. The maximum atomic E-state index is 12.1. The first-order valence-corrected chi connectivity index (χ1v) is 7.79. The van der Waals surface area contributed by atoms with Crippen LogP contribution in [0, 0.1) is 11.3 Å². The Morgan fingerprint density at radius 3 is 2.42 bits per heavy atom. The lowest BCUT2D eigenvalue weighted by Crippen LogP contribution is -2.23. The van der Waals surface area contributed by atoms with Crippen LogP contribution in [0.1, 0.15) is 25.0 Å². The molecule has 0 aromatic heterocycles. The minimum Gasteiger partial charge on any atom is -0.491 e. The van der Waals surface area contributed by atoms with Crippen molar-refractivity contribution >= 4 is 12.0 Å². The Morgan fingerprint density at radius 2 is 1.83 bits per heavy atom. The molecule has 0 saturated heterocycles. The maximum absolute atomic E-state index is 12.1. The fourth-order valence-electron chi connectivity index (χ4n) is 2.10. The van der Waals surface area contributed by atoms with Crippen LogP contribution < -0.4 is 10.1 Å². The zero-order valence-electron chi connectivity index (χ0n) is 13.8. The summed E-state index contributed by atoms with van der Waals surface area (Å²) in [5.74, 6) is 0.373. The molecule has 2 rings (SSSR count). The number of ether oxygens (including phenoxy) is 1. The van der Waals surface area contributed by atoms with Gasteiger partial charge >= 0.3 is 0 Å². The molecule has 0 atom stereocenters. The minimum atomic E-state index is -0.385. The topological polar surface area (TPSA) is 62.1 Å². The highest BCUT2D eigenvalue weighted by Crippen LogP contribution is 2.16. The van der Waals surface area contributed by atoms with Crippen LogP contribution in [0.4, 0.5) is 0 Å². The molecule has 24 heavy (non-hydrogen) atoms. The Balaban J connectivity index is 2.02. The molecule has 122 valence electrons. The third kappa shape index (κ3) is 5.29. The first-order valence-electron chi connectivity index (χ1n) is 7.79. The lowest BCUT2D eigenvalue weighted by molar-refractivity contribution is -0.117. The van der Waals surface area contributed by atoms with E-state index in [0.29, 0.717) is 6.54 Å². The Hall–Kier alpha value is -3.06. The van der Waals surface area contributed by atoms with E-state index in [0.717, 1.165) is 16.9 Å². The van der Waals surface area contributed by atoms with Crippen LogP contribution in [-0.4, -0.2) is 12.0 Å². The molecule has 4 heteroatoms. The molecule has 0 spiro atoms. The number of carbonyl (C=O) groups excluding carboxylic acids is 1. The number of carbonyl (C=O) groups is 1. The number of benzene rings is 2. The van der Waals surface area contributed by atoms with Crippen LogP contribution in [0.5, 0.6) is 5.75 Å². The molecule has 0 aliphatic rings. The fraction of sp³-hybridized carbons (Fsp3) is 0.200. The molecule has 1 N–H and O–H groups in total. The van der Waals surface area contributed by atoms with E-state index in [9.17, 15) is 10.1 Å². The number of rotatable bonds is 6. The average molecular weight is 320 g/mol. The van der Waals surface area contributed by atoms with Crippen molar-refractivity contribution in [1.29, 1.82) is 5.26 Å². The zero-order valence-corrected chi connectivity index (χ0v) is 13.8. The molecule has 0 fully saturated rings. The van der Waals surface area contributed by atoms with E-state index in [4.69, 9.17) is 4.74 Å². The molecule has 0 saturated carbocycles. The van der Waals surface area contributed by atoms with Gasteiger partial charge in [-0.15, -0.1) is 0 Å². The van der Waals surface area contributed by atoms with E-state index < -0.39 is 0 Å². The van der Waals surface area contributed by atoms with Gasteiger partial charge in [0.15, 0.2) is 0 Å². The Bertz CT molecular complexity index is 741. The Morgan fingerprint density at radius 1 is 1.17 bits per heavy atom. The van der Waals surface area contributed by atoms with Crippen molar-refractivity contribution in [3.05, 3.63) is 71.3 Å². The van der Waals surface area contributed by atoms with E-state index in [2.05, 4.69) is 5.32 Å². The molecule has 0 unspecified atom stereocenters. The summed E-state index contributed by atoms with van der Waals surface area (Å²) in [6, 6.07) is 18.8. The van der Waals surface area contributed by atoms with Crippen molar-refractivity contribution in [2.45, 2.75) is 26.5 Å². The summed E-state index contributed by atoms with van der Waals surface area (Å²) in [4.78, 5) is 12.1. The molecule has 0 aliphatic carbocycles. The van der Waals surface area contributed by atoms with E-state index in [-0.39, 0.29) is 17.6 Å². The zero-order chi connectivity index (χ0) is 17.4. The highest BCUT2D eigenvalue weighted by Gasteiger charge is 2.08. The van der Waals surface area contributed by atoms with Gasteiger partial charge in [-0.3, -0.25) is 4.79 Å². The van der Waals surface area contributed by atoms with Gasteiger partial charge in [0.1, 0.15) is 17.4 Å². The Labute approximate surface area is 142 Å². The van der Waals surface area contributed by atoms with E-state index >= 15 is 0 Å². The SMILES string of the molecule is CC(C)Oc1ccc(/C=C(/C#N)C(=O)NCc2ccccc2)cc1. The summed E-state index contributed by atoms with van der Waals surface area (Å²) in [5.41, 5.74) is 1.83. The van der Waals surface area contributed by atoms with Gasteiger partial charge in [0.05, 0.1) is 6.10 Å². The summed E-state index contributed by atoms with van der Waals surface area (Å²) < 4.78 is 5.57. The van der Waals surface area contributed by atoms with Gasteiger partial charge in [0.25, 0.3) is 5.91 Å². The number of hydrogen-bond donors (Lipinski definition) is 1. The van der Waals surface area contributed by atoms with Gasteiger partial charge in [-0.05, 0) is 43.2 Å². The average Bonchev–Trinajstić information content (AvgIpc) is 2.59. The third-order valence-corrected chi connectivity index (χ3v) is 3.22. The van der Waals surface area contributed by atoms with Gasteiger partial charge in [-0.1, -0.05) is 42.5 Å². The van der Waals surface area contributed by atoms with Gasteiger partial charge < -0.3 is 10.1 Å². The third-order valence-electron chi connectivity index (χ3n) is 3.22. The quantitative estimate of drug-likeness (QED) is 0.652. The summed E-state index contributed by atoms with van der Waals surface area (Å²) in [7, 11) is 0. The fourth-order valence-corrected chi connectivity index (χ4v) is 2.10. The second-order valence-corrected chi connectivity index (χ2v) is 5.57. The van der Waals surface area contributed by atoms with Crippen LogP contribution in [-0.2, 0) is 11.3 Å². The summed E-state index contributed by atoms with van der Waals surface area (Å²) in [6.07, 6.45) is 1.67. The molecule has 2 aromatic rings. The molecular weight excluding hydrogens is 300 g/mol.